The second kappa shape index (κ2) is 5.01. The van der Waals surface area contributed by atoms with Crippen molar-refractivity contribution in [3.63, 3.8) is 0 Å². The normalized spacial score (nSPS) is 12.6. The Balaban J connectivity index is 2.34. The van der Waals surface area contributed by atoms with Crippen LogP contribution in [0.5, 0.6) is 0 Å². The fourth-order valence-electron chi connectivity index (χ4n) is 1.73. The molecule has 0 aliphatic heterocycles. The summed E-state index contributed by atoms with van der Waals surface area (Å²) >= 11 is 0. The summed E-state index contributed by atoms with van der Waals surface area (Å²) in [6.45, 7) is 2.42. The number of hydrogen-bond donors (Lipinski definition) is 1. The minimum Gasteiger partial charge on any atom is -0.313 e. The second-order valence-electron chi connectivity index (χ2n) is 3.77. The van der Waals surface area contributed by atoms with E-state index in [1.807, 2.05) is 14.0 Å². The van der Waals surface area contributed by atoms with Gasteiger partial charge in [-0.05, 0) is 30.5 Å². The van der Waals surface area contributed by atoms with Crippen LogP contribution >= 0.6 is 0 Å². The summed E-state index contributed by atoms with van der Waals surface area (Å²) in [6.07, 6.45) is 0. The first-order valence-corrected chi connectivity index (χ1v) is 5.39. The zero-order chi connectivity index (χ0) is 12.3. The van der Waals surface area contributed by atoms with Gasteiger partial charge in [-0.15, -0.1) is 5.10 Å². The summed E-state index contributed by atoms with van der Waals surface area (Å²) in [5.41, 5.74) is 0.581. The Labute approximate surface area is 98.6 Å². The van der Waals surface area contributed by atoms with Crippen LogP contribution in [-0.2, 0) is 6.54 Å². The van der Waals surface area contributed by atoms with E-state index in [4.69, 9.17) is 0 Å². The fraction of sp³-hybridized carbons (Fsp3) is 0.364. The molecule has 1 aromatic carbocycles. The molecule has 5 nitrogen and oxygen atoms in total. The highest BCUT2D eigenvalue weighted by molar-refractivity contribution is 5.21. The minimum atomic E-state index is -0.245. The molecule has 0 fully saturated rings. The van der Waals surface area contributed by atoms with Crippen LogP contribution in [-0.4, -0.2) is 27.3 Å². The summed E-state index contributed by atoms with van der Waals surface area (Å²) < 4.78 is 15.3. The molecular formula is C11H14FN5. The number of halogens is 1. The van der Waals surface area contributed by atoms with E-state index in [0.717, 1.165) is 0 Å². The summed E-state index contributed by atoms with van der Waals surface area (Å²) in [7, 11) is 1.81. The smallest absolute Gasteiger partial charge is 0.165 e. The highest BCUT2D eigenvalue weighted by atomic mass is 19.1. The zero-order valence-electron chi connectivity index (χ0n) is 9.76. The molecule has 0 saturated heterocycles. The van der Waals surface area contributed by atoms with E-state index in [2.05, 4.69) is 20.8 Å². The Morgan fingerprint density at radius 3 is 2.88 bits per heavy atom. The molecule has 1 atom stereocenters. The van der Waals surface area contributed by atoms with Crippen molar-refractivity contribution in [2.75, 3.05) is 7.05 Å². The Morgan fingerprint density at radius 1 is 1.41 bits per heavy atom. The number of nitrogens with one attached hydrogen (secondary N) is 1. The third-order valence-electron chi connectivity index (χ3n) is 2.62. The van der Waals surface area contributed by atoms with Crippen molar-refractivity contribution in [1.29, 1.82) is 0 Å². The molecule has 6 heteroatoms. The lowest BCUT2D eigenvalue weighted by molar-refractivity contribution is 0.487. The van der Waals surface area contributed by atoms with Crippen molar-refractivity contribution in [2.45, 2.75) is 19.5 Å². The van der Waals surface area contributed by atoms with Gasteiger partial charge in [0.2, 0.25) is 0 Å². The van der Waals surface area contributed by atoms with E-state index >= 15 is 0 Å². The fourth-order valence-corrected chi connectivity index (χ4v) is 1.73. The largest absolute Gasteiger partial charge is 0.313 e. The van der Waals surface area contributed by atoms with Crippen molar-refractivity contribution in [1.82, 2.24) is 25.5 Å². The van der Waals surface area contributed by atoms with E-state index in [1.165, 1.54) is 6.07 Å². The van der Waals surface area contributed by atoms with Crippen molar-refractivity contribution in [3.05, 3.63) is 41.5 Å². The van der Waals surface area contributed by atoms with E-state index in [0.29, 0.717) is 17.9 Å². The standard InChI is InChI=1S/C11H14FN5/c1-8(9-5-3-4-6-10(9)12)17-11(7-13-2)14-15-16-17/h3-6,8,13H,7H2,1-2H3. The first-order chi connectivity index (χ1) is 8.24. The summed E-state index contributed by atoms with van der Waals surface area (Å²) in [5, 5.41) is 14.4. The van der Waals surface area contributed by atoms with Crippen LogP contribution in [0, 0.1) is 5.82 Å². The predicted molar refractivity (Wildman–Crippen MR) is 60.8 cm³/mol. The van der Waals surface area contributed by atoms with Gasteiger partial charge in [0.1, 0.15) is 5.82 Å². The highest BCUT2D eigenvalue weighted by Crippen LogP contribution is 2.20. The molecule has 1 unspecified atom stereocenters. The third kappa shape index (κ3) is 2.31. The van der Waals surface area contributed by atoms with Crippen LogP contribution in [0.3, 0.4) is 0 Å². The van der Waals surface area contributed by atoms with Gasteiger partial charge in [-0.25, -0.2) is 9.07 Å². The lowest BCUT2D eigenvalue weighted by atomic mass is 10.1. The topological polar surface area (TPSA) is 55.6 Å². The molecule has 2 aromatic rings. The van der Waals surface area contributed by atoms with Crippen molar-refractivity contribution in [2.24, 2.45) is 0 Å². The lowest BCUT2D eigenvalue weighted by Gasteiger charge is -2.14. The lowest BCUT2D eigenvalue weighted by Crippen LogP contribution is -2.17. The maximum atomic E-state index is 13.7. The summed E-state index contributed by atoms with van der Waals surface area (Å²) in [5.74, 6) is 0.439. The van der Waals surface area contributed by atoms with E-state index in [9.17, 15) is 4.39 Å². The van der Waals surface area contributed by atoms with Gasteiger partial charge in [0.05, 0.1) is 12.6 Å². The van der Waals surface area contributed by atoms with Crippen molar-refractivity contribution < 1.29 is 4.39 Å². The molecule has 1 heterocycles. The first kappa shape index (κ1) is 11.7. The van der Waals surface area contributed by atoms with Gasteiger partial charge in [0.25, 0.3) is 0 Å². The van der Waals surface area contributed by atoms with E-state index in [-0.39, 0.29) is 11.9 Å². The Hall–Kier alpha value is -1.82. The van der Waals surface area contributed by atoms with Crippen LogP contribution in [0.25, 0.3) is 0 Å². The number of aromatic nitrogens is 4. The van der Waals surface area contributed by atoms with Crippen LogP contribution < -0.4 is 5.32 Å². The summed E-state index contributed by atoms with van der Waals surface area (Å²) in [6, 6.07) is 6.42. The predicted octanol–water partition coefficient (Wildman–Crippen LogP) is 1.14. The van der Waals surface area contributed by atoms with Crippen LogP contribution in [0.4, 0.5) is 4.39 Å². The van der Waals surface area contributed by atoms with Crippen molar-refractivity contribution >= 4 is 0 Å². The zero-order valence-corrected chi connectivity index (χ0v) is 9.76. The molecule has 0 amide bonds. The Bertz CT molecular complexity index is 496. The Morgan fingerprint density at radius 2 is 2.18 bits per heavy atom. The molecular weight excluding hydrogens is 221 g/mol. The molecule has 1 aromatic heterocycles. The maximum Gasteiger partial charge on any atom is 0.165 e. The SMILES string of the molecule is CNCc1nnnn1C(C)c1ccccc1F. The van der Waals surface area contributed by atoms with E-state index < -0.39 is 0 Å². The van der Waals surface area contributed by atoms with Crippen LogP contribution in [0.2, 0.25) is 0 Å². The average molecular weight is 235 g/mol. The van der Waals surface area contributed by atoms with Gasteiger partial charge in [-0.2, -0.15) is 0 Å². The molecule has 0 spiro atoms. The van der Waals surface area contributed by atoms with Crippen LogP contribution in [0.1, 0.15) is 24.4 Å². The minimum absolute atomic E-state index is 0.227. The van der Waals surface area contributed by atoms with Gasteiger partial charge in [-0.3, -0.25) is 0 Å². The number of rotatable bonds is 4. The van der Waals surface area contributed by atoms with Crippen LogP contribution in [0.15, 0.2) is 24.3 Å². The molecule has 2 rings (SSSR count). The average Bonchev–Trinajstić information content (AvgIpc) is 2.78. The molecule has 90 valence electrons. The number of tetrazole rings is 1. The number of benzene rings is 1. The molecule has 0 saturated carbocycles. The van der Waals surface area contributed by atoms with Gasteiger partial charge >= 0.3 is 0 Å². The molecule has 17 heavy (non-hydrogen) atoms. The first-order valence-electron chi connectivity index (χ1n) is 5.39. The summed E-state index contributed by atoms with van der Waals surface area (Å²) in [4.78, 5) is 0. The van der Waals surface area contributed by atoms with Crippen molar-refractivity contribution in [3.8, 4) is 0 Å². The quantitative estimate of drug-likeness (QED) is 0.863. The molecule has 0 aliphatic carbocycles. The van der Waals surface area contributed by atoms with Gasteiger partial charge in [-0.1, -0.05) is 18.2 Å². The number of nitrogens with zero attached hydrogens (tertiary/aromatic N) is 4. The maximum absolute atomic E-state index is 13.7. The van der Waals surface area contributed by atoms with E-state index in [1.54, 1.807) is 22.9 Å². The third-order valence-corrected chi connectivity index (χ3v) is 2.62. The Kier molecular flexibility index (Phi) is 3.43. The molecule has 0 radical (unpaired) electrons. The molecule has 0 bridgehead atoms. The number of hydrogen-bond acceptors (Lipinski definition) is 4. The monoisotopic (exact) mass is 235 g/mol. The van der Waals surface area contributed by atoms with Gasteiger partial charge in [0.15, 0.2) is 5.82 Å². The van der Waals surface area contributed by atoms with Gasteiger partial charge in [0, 0.05) is 5.56 Å². The molecule has 0 aliphatic rings. The highest BCUT2D eigenvalue weighted by Gasteiger charge is 2.16. The second-order valence-corrected chi connectivity index (χ2v) is 3.77. The van der Waals surface area contributed by atoms with Gasteiger partial charge < -0.3 is 5.32 Å². The molecule has 1 N–H and O–H groups in total.